The number of nitrogens with zero attached hydrogens (tertiary/aromatic N) is 2. The summed E-state index contributed by atoms with van der Waals surface area (Å²) >= 11 is 3.43. The molecule has 0 radical (unpaired) electrons. The second kappa shape index (κ2) is 10.5. The molecule has 1 aromatic heterocycles. The summed E-state index contributed by atoms with van der Waals surface area (Å²) in [4.78, 5) is 31.7. The van der Waals surface area contributed by atoms with Gasteiger partial charge in [-0.15, -0.1) is 0 Å². The summed E-state index contributed by atoms with van der Waals surface area (Å²) in [5.74, 6) is -0.749. The summed E-state index contributed by atoms with van der Waals surface area (Å²) < 4.78 is 35.9. The van der Waals surface area contributed by atoms with E-state index in [-0.39, 0.29) is 23.4 Å². The molecule has 5 rings (SSSR count). The van der Waals surface area contributed by atoms with Crippen LogP contribution in [0, 0.1) is 11.6 Å². The molecule has 1 amide bonds. The van der Waals surface area contributed by atoms with Gasteiger partial charge >= 0.3 is 6.09 Å². The van der Waals surface area contributed by atoms with Gasteiger partial charge in [-0.05, 0) is 93.1 Å². The van der Waals surface area contributed by atoms with Gasteiger partial charge in [0.2, 0.25) is 0 Å². The standard InChI is InChI=1S/C30H28BrF2N3O3/c1-30(2,3)39-29(38)35-26(14-17-12-21(32)16-22(33)13-17)27-34-25-15-20(31)8-11-24(25)28(37)36(27)23-9-6-19(7-10-23)18-4-5-18/h6-13,15-16,18,26H,4-5,14H2,1-3H3,(H,35,38). The molecule has 1 atom stereocenters. The Kier molecular flexibility index (Phi) is 7.29. The first kappa shape index (κ1) is 27.0. The van der Waals surface area contributed by atoms with Crippen molar-refractivity contribution in [3.63, 3.8) is 0 Å². The number of amides is 1. The van der Waals surface area contributed by atoms with Crippen molar-refractivity contribution >= 4 is 32.9 Å². The molecular weight excluding hydrogens is 568 g/mol. The highest BCUT2D eigenvalue weighted by atomic mass is 79.9. The molecule has 1 aliphatic rings. The van der Waals surface area contributed by atoms with Gasteiger partial charge in [0.25, 0.3) is 5.56 Å². The number of benzene rings is 3. The second-order valence-electron chi connectivity index (χ2n) is 10.8. The summed E-state index contributed by atoms with van der Waals surface area (Å²) in [5, 5.41) is 3.18. The minimum Gasteiger partial charge on any atom is -0.444 e. The van der Waals surface area contributed by atoms with Crippen LogP contribution in [0.4, 0.5) is 13.6 Å². The van der Waals surface area contributed by atoms with Crippen molar-refractivity contribution < 1.29 is 18.3 Å². The van der Waals surface area contributed by atoms with Crippen LogP contribution >= 0.6 is 15.9 Å². The van der Waals surface area contributed by atoms with Crippen LogP contribution in [0.25, 0.3) is 16.6 Å². The van der Waals surface area contributed by atoms with Crippen molar-refractivity contribution in [3.8, 4) is 5.69 Å². The lowest BCUT2D eigenvalue weighted by molar-refractivity contribution is 0.0500. The van der Waals surface area contributed by atoms with E-state index in [4.69, 9.17) is 9.72 Å². The fourth-order valence-electron chi connectivity index (χ4n) is 4.59. The highest BCUT2D eigenvalue weighted by molar-refractivity contribution is 9.10. The number of hydrogen-bond donors (Lipinski definition) is 1. The zero-order valence-electron chi connectivity index (χ0n) is 21.8. The maximum Gasteiger partial charge on any atom is 0.408 e. The van der Waals surface area contributed by atoms with Crippen LogP contribution in [0.15, 0.2) is 69.9 Å². The van der Waals surface area contributed by atoms with Crippen LogP contribution in [-0.2, 0) is 11.2 Å². The Morgan fingerprint density at radius 2 is 1.74 bits per heavy atom. The van der Waals surface area contributed by atoms with Crippen LogP contribution in [0.5, 0.6) is 0 Å². The number of hydrogen-bond acceptors (Lipinski definition) is 4. The van der Waals surface area contributed by atoms with Gasteiger partial charge in [-0.3, -0.25) is 9.36 Å². The lowest BCUT2D eigenvalue weighted by Crippen LogP contribution is -2.38. The molecule has 202 valence electrons. The summed E-state index contributed by atoms with van der Waals surface area (Å²) in [6, 6.07) is 15.1. The summed E-state index contributed by atoms with van der Waals surface area (Å²) in [5.41, 5.74) is 1.34. The van der Waals surface area contributed by atoms with Crippen molar-refractivity contribution in [2.75, 3.05) is 0 Å². The molecule has 6 nitrogen and oxygen atoms in total. The van der Waals surface area contributed by atoms with E-state index in [1.165, 1.54) is 22.3 Å². The van der Waals surface area contributed by atoms with E-state index in [1.54, 1.807) is 39.0 Å². The Morgan fingerprint density at radius 1 is 1.08 bits per heavy atom. The number of nitrogens with one attached hydrogen (secondary N) is 1. The number of alkyl carbamates (subject to hydrolysis) is 1. The topological polar surface area (TPSA) is 73.2 Å². The molecule has 1 fully saturated rings. The molecule has 1 aliphatic carbocycles. The van der Waals surface area contributed by atoms with Gasteiger partial charge < -0.3 is 10.1 Å². The molecule has 39 heavy (non-hydrogen) atoms. The number of rotatable bonds is 6. The number of carbonyl (C=O) groups excluding carboxylic acids is 1. The largest absolute Gasteiger partial charge is 0.444 e. The SMILES string of the molecule is CC(C)(C)OC(=O)NC(Cc1cc(F)cc(F)c1)c1nc2cc(Br)ccc2c(=O)n1-c1ccc(C2CC2)cc1. The first-order valence-electron chi connectivity index (χ1n) is 12.7. The van der Waals surface area contributed by atoms with Gasteiger partial charge in [0, 0.05) is 17.0 Å². The van der Waals surface area contributed by atoms with E-state index in [2.05, 4.69) is 21.2 Å². The normalized spacial score (nSPS) is 14.3. The van der Waals surface area contributed by atoms with Gasteiger partial charge in [0.1, 0.15) is 23.1 Å². The first-order chi connectivity index (χ1) is 18.5. The van der Waals surface area contributed by atoms with E-state index in [0.29, 0.717) is 22.5 Å². The van der Waals surface area contributed by atoms with Crippen LogP contribution in [0.1, 0.15) is 62.5 Å². The molecule has 1 N–H and O–H groups in total. The fraction of sp³-hybridized carbons (Fsp3) is 0.300. The third kappa shape index (κ3) is 6.36. The smallest absolute Gasteiger partial charge is 0.408 e. The summed E-state index contributed by atoms with van der Waals surface area (Å²) in [7, 11) is 0. The van der Waals surface area contributed by atoms with Gasteiger partial charge in [-0.2, -0.15) is 0 Å². The predicted octanol–water partition coefficient (Wildman–Crippen LogP) is 7.11. The van der Waals surface area contributed by atoms with E-state index in [1.807, 2.05) is 24.3 Å². The molecule has 1 unspecified atom stereocenters. The Balaban J connectivity index is 1.69. The number of fused-ring (bicyclic) bond motifs is 1. The quantitative estimate of drug-likeness (QED) is 0.258. The number of carbonyl (C=O) groups is 1. The van der Waals surface area contributed by atoms with E-state index in [9.17, 15) is 18.4 Å². The van der Waals surface area contributed by atoms with Gasteiger partial charge in [0.05, 0.1) is 22.6 Å². The maximum atomic E-state index is 14.1. The number of aromatic nitrogens is 2. The van der Waals surface area contributed by atoms with E-state index in [0.717, 1.165) is 23.4 Å². The van der Waals surface area contributed by atoms with Crippen LogP contribution in [0.2, 0.25) is 0 Å². The first-order valence-corrected chi connectivity index (χ1v) is 13.5. The maximum absolute atomic E-state index is 14.1. The van der Waals surface area contributed by atoms with E-state index >= 15 is 0 Å². The number of halogens is 3. The van der Waals surface area contributed by atoms with Crippen molar-refractivity contribution in [1.29, 1.82) is 0 Å². The molecule has 4 aromatic rings. The van der Waals surface area contributed by atoms with Crippen molar-refractivity contribution in [2.24, 2.45) is 0 Å². The van der Waals surface area contributed by atoms with Gasteiger partial charge in [-0.1, -0.05) is 28.1 Å². The lowest BCUT2D eigenvalue weighted by Gasteiger charge is -2.25. The predicted molar refractivity (Wildman–Crippen MR) is 149 cm³/mol. The second-order valence-corrected chi connectivity index (χ2v) is 11.7. The molecular formula is C30H28BrF2N3O3. The molecule has 9 heteroatoms. The third-order valence-electron chi connectivity index (χ3n) is 6.42. The average molecular weight is 596 g/mol. The Morgan fingerprint density at radius 3 is 2.36 bits per heavy atom. The Bertz CT molecular complexity index is 1590. The Hall–Kier alpha value is -3.59. The van der Waals surface area contributed by atoms with Crippen LogP contribution in [-0.4, -0.2) is 21.2 Å². The zero-order chi connectivity index (χ0) is 27.9. The monoisotopic (exact) mass is 595 g/mol. The number of ether oxygens (including phenoxy) is 1. The molecule has 0 aliphatic heterocycles. The van der Waals surface area contributed by atoms with Crippen molar-refractivity contribution in [3.05, 3.63) is 104 Å². The van der Waals surface area contributed by atoms with Gasteiger partial charge in [0.15, 0.2) is 0 Å². The Labute approximate surface area is 233 Å². The molecule has 0 bridgehead atoms. The zero-order valence-corrected chi connectivity index (χ0v) is 23.4. The summed E-state index contributed by atoms with van der Waals surface area (Å²) in [6.07, 6.45) is 1.50. The highest BCUT2D eigenvalue weighted by Gasteiger charge is 2.27. The fourth-order valence-corrected chi connectivity index (χ4v) is 4.94. The molecule has 3 aromatic carbocycles. The molecule has 1 saturated carbocycles. The van der Waals surface area contributed by atoms with Crippen LogP contribution < -0.4 is 10.9 Å². The van der Waals surface area contributed by atoms with Crippen molar-refractivity contribution in [2.45, 2.75) is 57.6 Å². The molecule has 0 spiro atoms. The van der Waals surface area contributed by atoms with Gasteiger partial charge in [-0.25, -0.2) is 18.6 Å². The minimum atomic E-state index is -0.958. The molecule has 0 saturated heterocycles. The minimum absolute atomic E-state index is 0.0416. The van der Waals surface area contributed by atoms with Crippen molar-refractivity contribution in [1.82, 2.24) is 14.9 Å². The third-order valence-corrected chi connectivity index (χ3v) is 6.92. The summed E-state index contributed by atoms with van der Waals surface area (Å²) in [6.45, 7) is 5.19. The van der Waals surface area contributed by atoms with Crippen LogP contribution in [0.3, 0.4) is 0 Å². The molecule has 1 heterocycles. The van der Waals surface area contributed by atoms with E-state index < -0.39 is 29.4 Å². The highest BCUT2D eigenvalue weighted by Crippen LogP contribution is 2.40. The average Bonchev–Trinajstić information content (AvgIpc) is 3.67. The lowest BCUT2D eigenvalue weighted by atomic mass is 10.0.